The van der Waals surface area contributed by atoms with Gasteiger partial charge in [0.25, 0.3) is 0 Å². The summed E-state index contributed by atoms with van der Waals surface area (Å²) in [5.41, 5.74) is 5.94. The molecule has 0 amide bonds. The minimum absolute atomic E-state index is 0.258. The molecule has 0 saturated heterocycles. The highest BCUT2D eigenvalue weighted by Gasteiger charge is 2.28. The third kappa shape index (κ3) is 2.41. The first kappa shape index (κ1) is 12.7. The summed E-state index contributed by atoms with van der Waals surface area (Å²) in [4.78, 5) is 4.32. The lowest BCUT2D eigenvalue weighted by atomic mass is 9.84. The Balaban J connectivity index is 2.31. The molecule has 1 aromatic heterocycles. The smallest absolute Gasteiger partial charge is 0.227 e. The van der Waals surface area contributed by atoms with Crippen LogP contribution in [0, 0.1) is 5.82 Å². The van der Waals surface area contributed by atoms with Gasteiger partial charge in [-0.15, -0.1) is 0 Å². The summed E-state index contributed by atoms with van der Waals surface area (Å²) in [7, 11) is 0. The summed E-state index contributed by atoms with van der Waals surface area (Å²) in [6.45, 7) is 4.41. The van der Waals surface area contributed by atoms with E-state index in [1.807, 2.05) is 13.8 Å². The quantitative estimate of drug-likeness (QED) is 0.900. The zero-order valence-electron chi connectivity index (χ0n) is 10.5. The minimum atomic E-state index is -0.427. The molecule has 2 aromatic rings. The minimum Gasteiger partial charge on any atom is -0.339 e. The van der Waals surface area contributed by atoms with Gasteiger partial charge in [-0.05, 0) is 31.5 Å². The largest absolute Gasteiger partial charge is 0.339 e. The molecule has 18 heavy (non-hydrogen) atoms. The average Bonchev–Trinajstić information content (AvgIpc) is 2.79. The molecule has 0 unspecified atom stereocenters. The molecule has 1 heterocycles. The zero-order chi connectivity index (χ0) is 13.2. The Bertz CT molecular complexity index is 519. The average molecular weight is 249 g/mol. The van der Waals surface area contributed by atoms with Crippen molar-refractivity contribution in [3.63, 3.8) is 0 Å². The maximum atomic E-state index is 12.9. The highest BCUT2D eigenvalue weighted by molar-refractivity contribution is 5.30. The molecule has 0 fully saturated rings. The summed E-state index contributed by atoms with van der Waals surface area (Å²) < 4.78 is 18.0. The van der Waals surface area contributed by atoms with Gasteiger partial charge in [0.05, 0.1) is 5.41 Å². The SMILES string of the molecule is CC(C)(c1ccc(F)cc1)c1noc(CCN)n1. The molecule has 96 valence electrons. The van der Waals surface area contributed by atoms with Crippen molar-refractivity contribution in [2.75, 3.05) is 6.54 Å². The number of rotatable bonds is 4. The number of nitrogens with zero attached hydrogens (tertiary/aromatic N) is 2. The van der Waals surface area contributed by atoms with Crippen LogP contribution in [0.25, 0.3) is 0 Å². The van der Waals surface area contributed by atoms with Crippen molar-refractivity contribution in [2.24, 2.45) is 5.73 Å². The van der Waals surface area contributed by atoms with Crippen LogP contribution in [0.5, 0.6) is 0 Å². The number of hydrogen-bond donors (Lipinski definition) is 1. The van der Waals surface area contributed by atoms with Gasteiger partial charge in [-0.2, -0.15) is 4.98 Å². The number of benzene rings is 1. The molecule has 0 spiro atoms. The number of aromatic nitrogens is 2. The lowest BCUT2D eigenvalue weighted by Gasteiger charge is -2.20. The van der Waals surface area contributed by atoms with Crippen LogP contribution < -0.4 is 5.73 Å². The number of hydrogen-bond acceptors (Lipinski definition) is 4. The van der Waals surface area contributed by atoms with E-state index in [9.17, 15) is 4.39 Å². The lowest BCUT2D eigenvalue weighted by Crippen LogP contribution is -2.21. The number of halogens is 1. The van der Waals surface area contributed by atoms with E-state index in [0.717, 1.165) is 5.56 Å². The first-order chi connectivity index (χ1) is 8.54. The van der Waals surface area contributed by atoms with Crippen LogP contribution in [0.4, 0.5) is 4.39 Å². The highest BCUT2D eigenvalue weighted by atomic mass is 19.1. The third-order valence-corrected chi connectivity index (χ3v) is 2.95. The molecule has 0 aliphatic carbocycles. The summed E-state index contributed by atoms with van der Waals surface area (Å²) in [5.74, 6) is 0.853. The summed E-state index contributed by atoms with van der Waals surface area (Å²) >= 11 is 0. The Kier molecular flexibility index (Phi) is 3.43. The maximum Gasteiger partial charge on any atom is 0.227 e. The van der Waals surface area contributed by atoms with Gasteiger partial charge in [-0.25, -0.2) is 4.39 Å². The van der Waals surface area contributed by atoms with Crippen LogP contribution in [-0.2, 0) is 11.8 Å². The van der Waals surface area contributed by atoms with Gasteiger partial charge < -0.3 is 10.3 Å². The molecule has 2 N–H and O–H groups in total. The Hall–Kier alpha value is -1.75. The predicted molar refractivity (Wildman–Crippen MR) is 65.6 cm³/mol. The van der Waals surface area contributed by atoms with Crippen molar-refractivity contribution in [1.82, 2.24) is 10.1 Å². The lowest BCUT2D eigenvalue weighted by molar-refractivity contribution is 0.367. The zero-order valence-corrected chi connectivity index (χ0v) is 10.5. The van der Waals surface area contributed by atoms with Gasteiger partial charge >= 0.3 is 0 Å². The molecule has 5 heteroatoms. The van der Waals surface area contributed by atoms with E-state index in [0.29, 0.717) is 24.7 Å². The molecule has 0 bridgehead atoms. The predicted octanol–water partition coefficient (Wildman–Crippen LogP) is 2.04. The Morgan fingerprint density at radius 2 is 1.94 bits per heavy atom. The van der Waals surface area contributed by atoms with Crippen molar-refractivity contribution < 1.29 is 8.91 Å². The van der Waals surface area contributed by atoms with Crippen LogP contribution in [0.1, 0.15) is 31.1 Å². The monoisotopic (exact) mass is 249 g/mol. The van der Waals surface area contributed by atoms with Gasteiger partial charge in [0.1, 0.15) is 5.82 Å². The first-order valence-electron chi connectivity index (χ1n) is 5.83. The van der Waals surface area contributed by atoms with E-state index in [2.05, 4.69) is 10.1 Å². The molecule has 2 rings (SSSR count). The van der Waals surface area contributed by atoms with Crippen molar-refractivity contribution in [3.8, 4) is 0 Å². The second kappa shape index (κ2) is 4.86. The first-order valence-corrected chi connectivity index (χ1v) is 5.83. The van der Waals surface area contributed by atoms with E-state index in [1.165, 1.54) is 12.1 Å². The summed E-state index contributed by atoms with van der Waals surface area (Å²) in [6, 6.07) is 6.32. The van der Waals surface area contributed by atoms with Crippen LogP contribution in [-0.4, -0.2) is 16.7 Å². The van der Waals surface area contributed by atoms with E-state index in [4.69, 9.17) is 10.3 Å². The van der Waals surface area contributed by atoms with Crippen LogP contribution in [0.3, 0.4) is 0 Å². The fourth-order valence-electron chi connectivity index (χ4n) is 1.73. The van der Waals surface area contributed by atoms with Gasteiger partial charge in [0.15, 0.2) is 5.82 Å². The fraction of sp³-hybridized carbons (Fsp3) is 0.385. The van der Waals surface area contributed by atoms with Crippen molar-refractivity contribution in [2.45, 2.75) is 25.7 Å². The van der Waals surface area contributed by atoms with E-state index in [1.54, 1.807) is 12.1 Å². The standard InChI is InChI=1S/C13H16FN3O/c1-13(2,9-3-5-10(14)6-4-9)12-16-11(7-8-15)18-17-12/h3-6H,7-8,15H2,1-2H3. The van der Waals surface area contributed by atoms with Crippen molar-refractivity contribution in [1.29, 1.82) is 0 Å². The molecular formula is C13H16FN3O. The molecule has 4 nitrogen and oxygen atoms in total. The highest BCUT2D eigenvalue weighted by Crippen LogP contribution is 2.29. The topological polar surface area (TPSA) is 64.9 Å². The summed E-state index contributed by atoms with van der Waals surface area (Å²) in [5, 5.41) is 3.97. The maximum absolute atomic E-state index is 12.9. The Morgan fingerprint density at radius 1 is 1.28 bits per heavy atom. The van der Waals surface area contributed by atoms with Crippen molar-refractivity contribution >= 4 is 0 Å². The molecule has 0 aliphatic heterocycles. The molecule has 0 radical (unpaired) electrons. The Labute approximate surface area is 105 Å². The van der Waals surface area contributed by atoms with Crippen LogP contribution in [0.2, 0.25) is 0 Å². The second-order valence-electron chi connectivity index (χ2n) is 4.68. The van der Waals surface area contributed by atoms with Crippen LogP contribution >= 0.6 is 0 Å². The van der Waals surface area contributed by atoms with Crippen LogP contribution in [0.15, 0.2) is 28.8 Å². The van der Waals surface area contributed by atoms with E-state index >= 15 is 0 Å². The van der Waals surface area contributed by atoms with Gasteiger partial charge in [0.2, 0.25) is 5.89 Å². The fourth-order valence-corrected chi connectivity index (χ4v) is 1.73. The molecule has 0 aliphatic rings. The summed E-state index contributed by atoms with van der Waals surface area (Å²) in [6.07, 6.45) is 0.562. The third-order valence-electron chi connectivity index (χ3n) is 2.95. The molecule has 0 atom stereocenters. The Morgan fingerprint density at radius 3 is 2.56 bits per heavy atom. The van der Waals surface area contributed by atoms with Gasteiger partial charge in [-0.3, -0.25) is 0 Å². The second-order valence-corrected chi connectivity index (χ2v) is 4.68. The molecule has 1 aromatic carbocycles. The molecular weight excluding hydrogens is 233 g/mol. The van der Waals surface area contributed by atoms with Crippen molar-refractivity contribution in [3.05, 3.63) is 47.4 Å². The normalized spacial score (nSPS) is 11.8. The van der Waals surface area contributed by atoms with E-state index < -0.39 is 5.41 Å². The molecule has 0 saturated carbocycles. The number of nitrogens with two attached hydrogens (primary N) is 1. The van der Waals surface area contributed by atoms with E-state index in [-0.39, 0.29) is 5.82 Å². The van der Waals surface area contributed by atoms with Gasteiger partial charge in [-0.1, -0.05) is 17.3 Å². The van der Waals surface area contributed by atoms with Gasteiger partial charge in [0, 0.05) is 13.0 Å².